The molecule has 3 aromatic rings. The van der Waals surface area contributed by atoms with E-state index in [0.29, 0.717) is 23.5 Å². The van der Waals surface area contributed by atoms with Crippen LogP contribution >= 0.6 is 11.6 Å². The highest BCUT2D eigenvalue weighted by Gasteiger charge is 2.12. The summed E-state index contributed by atoms with van der Waals surface area (Å²) in [5.41, 5.74) is 7.66. The topological polar surface area (TPSA) is 69.6 Å². The maximum absolute atomic E-state index is 5.90. The molecule has 3 rings (SSSR count). The molecule has 6 heteroatoms. The Balaban J connectivity index is 2.00. The zero-order chi connectivity index (χ0) is 13.9. The molecule has 0 bridgehead atoms. The quantitative estimate of drug-likeness (QED) is 0.751. The monoisotopic (exact) mass is 285 g/mol. The third-order valence-corrected chi connectivity index (χ3v) is 3.11. The summed E-state index contributed by atoms with van der Waals surface area (Å²) in [6.45, 7) is 0.476. The molecule has 1 aromatic carbocycles. The summed E-state index contributed by atoms with van der Waals surface area (Å²) in [6, 6.07) is 15.2. The van der Waals surface area contributed by atoms with Crippen LogP contribution in [0.3, 0.4) is 0 Å². The predicted octanol–water partition coefficient (Wildman–Crippen LogP) is 2.62. The van der Waals surface area contributed by atoms with E-state index in [1.165, 1.54) is 0 Å². The third kappa shape index (κ3) is 2.48. The molecule has 2 aromatic heterocycles. The molecular formula is C14H12ClN5. The normalized spacial score (nSPS) is 10.7. The molecule has 2 N–H and O–H groups in total. The first-order valence-corrected chi connectivity index (χ1v) is 6.47. The van der Waals surface area contributed by atoms with Gasteiger partial charge in [0.2, 0.25) is 5.95 Å². The van der Waals surface area contributed by atoms with Gasteiger partial charge in [0.15, 0.2) is 5.82 Å². The van der Waals surface area contributed by atoms with E-state index < -0.39 is 0 Å². The number of aromatic nitrogens is 4. The Hall–Kier alpha value is -2.40. The molecule has 0 radical (unpaired) electrons. The summed E-state index contributed by atoms with van der Waals surface area (Å²) >= 11 is 5.90. The van der Waals surface area contributed by atoms with E-state index in [-0.39, 0.29) is 0 Å². The zero-order valence-electron chi connectivity index (χ0n) is 10.6. The highest BCUT2D eigenvalue weighted by atomic mass is 35.5. The molecule has 0 aliphatic carbocycles. The molecule has 0 spiro atoms. The number of nitrogens with zero attached hydrogens (tertiary/aromatic N) is 4. The van der Waals surface area contributed by atoms with Gasteiger partial charge in [-0.05, 0) is 12.1 Å². The molecular weight excluding hydrogens is 274 g/mol. The number of halogens is 1. The molecule has 0 aliphatic rings. The Bertz CT molecular complexity index is 723. The van der Waals surface area contributed by atoms with Crippen LogP contribution in [0.1, 0.15) is 5.69 Å². The van der Waals surface area contributed by atoms with Gasteiger partial charge in [0.1, 0.15) is 5.15 Å². The number of hydrogen-bond donors (Lipinski definition) is 1. The Labute approximate surface area is 121 Å². The molecule has 0 aliphatic heterocycles. The van der Waals surface area contributed by atoms with Crippen LogP contribution in [0.15, 0.2) is 48.5 Å². The Morgan fingerprint density at radius 2 is 1.80 bits per heavy atom. The van der Waals surface area contributed by atoms with Crippen LogP contribution in [-0.2, 0) is 6.54 Å². The van der Waals surface area contributed by atoms with E-state index in [1.807, 2.05) is 47.0 Å². The van der Waals surface area contributed by atoms with E-state index in [9.17, 15) is 0 Å². The number of hydrogen-bond acceptors (Lipinski definition) is 4. The molecule has 0 saturated heterocycles. The average molecular weight is 286 g/mol. The summed E-state index contributed by atoms with van der Waals surface area (Å²) in [6.07, 6.45) is 0. The van der Waals surface area contributed by atoms with Gasteiger partial charge in [-0.1, -0.05) is 48.0 Å². The van der Waals surface area contributed by atoms with E-state index >= 15 is 0 Å². The maximum atomic E-state index is 5.90. The summed E-state index contributed by atoms with van der Waals surface area (Å²) in [5, 5.41) is 8.53. The molecule has 100 valence electrons. The average Bonchev–Trinajstić information content (AvgIpc) is 2.81. The van der Waals surface area contributed by atoms with Crippen molar-refractivity contribution in [1.82, 2.24) is 19.7 Å². The molecule has 0 atom stereocenters. The fraction of sp³-hybridized carbons (Fsp3) is 0.0714. The summed E-state index contributed by atoms with van der Waals surface area (Å²) < 4.78 is 1.81. The van der Waals surface area contributed by atoms with Gasteiger partial charge in [-0.15, -0.1) is 10.2 Å². The second-order valence-corrected chi connectivity index (χ2v) is 4.67. The van der Waals surface area contributed by atoms with Gasteiger partial charge in [-0.3, -0.25) is 4.57 Å². The largest absolute Gasteiger partial charge is 0.368 e. The third-order valence-electron chi connectivity index (χ3n) is 2.90. The van der Waals surface area contributed by atoms with Crippen molar-refractivity contribution in [2.75, 3.05) is 5.73 Å². The highest BCUT2D eigenvalue weighted by Crippen LogP contribution is 2.20. The number of anilines is 1. The van der Waals surface area contributed by atoms with Crippen molar-refractivity contribution in [3.8, 4) is 11.4 Å². The second-order valence-electron chi connectivity index (χ2n) is 4.29. The molecule has 20 heavy (non-hydrogen) atoms. The predicted molar refractivity (Wildman–Crippen MR) is 78.2 cm³/mol. The van der Waals surface area contributed by atoms with Crippen molar-refractivity contribution >= 4 is 17.5 Å². The summed E-state index contributed by atoms with van der Waals surface area (Å²) in [5.74, 6) is 1.07. The minimum Gasteiger partial charge on any atom is -0.368 e. The van der Waals surface area contributed by atoms with Crippen molar-refractivity contribution in [2.24, 2.45) is 0 Å². The minimum atomic E-state index is 0.352. The second kappa shape index (κ2) is 5.30. The molecule has 5 nitrogen and oxygen atoms in total. The van der Waals surface area contributed by atoms with Gasteiger partial charge >= 0.3 is 0 Å². The van der Waals surface area contributed by atoms with Crippen LogP contribution in [-0.4, -0.2) is 19.7 Å². The lowest BCUT2D eigenvalue weighted by Crippen LogP contribution is -2.07. The highest BCUT2D eigenvalue weighted by molar-refractivity contribution is 6.29. The van der Waals surface area contributed by atoms with Crippen LogP contribution < -0.4 is 5.73 Å². The van der Waals surface area contributed by atoms with Gasteiger partial charge in [0, 0.05) is 5.56 Å². The molecule has 0 unspecified atom stereocenters. The summed E-state index contributed by atoms with van der Waals surface area (Å²) in [7, 11) is 0. The van der Waals surface area contributed by atoms with Crippen molar-refractivity contribution in [3.63, 3.8) is 0 Å². The van der Waals surface area contributed by atoms with Crippen molar-refractivity contribution in [3.05, 3.63) is 59.4 Å². The fourth-order valence-electron chi connectivity index (χ4n) is 1.97. The first-order valence-electron chi connectivity index (χ1n) is 6.09. The lowest BCUT2D eigenvalue weighted by atomic mass is 10.2. The Kier molecular flexibility index (Phi) is 3.35. The number of nitrogens with two attached hydrogens (primary N) is 1. The van der Waals surface area contributed by atoms with Crippen molar-refractivity contribution in [1.29, 1.82) is 0 Å². The van der Waals surface area contributed by atoms with Crippen LogP contribution in [0, 0.1) is 0 Å². The molecule has 2 heterocycles. The van der Waals surface area contributed by atoms with E-state index in [1.54, 1.807) is 6.07 Å². The van der Waals surface area contributed by atoms with Gasteiger partial charge in [-0.25, -0.2) is 4.98 Å². The van der Waals surface area contributed by atoms with E-state index in [4.69, 9.17) is 17.3 Å². The number of rotatable bonds is 3. The number of nitrogen functional groups attached to an aromatic ring is 1. The summed E-state index contributed by atoms with van der Waals surface area (Å²) in [4.78, 5) is 4.26. The van der Waals surface area contributed by atoms with Crippen molar-refractivity contribution < 1.29 is 0 Å². The van der Waals surface area contributed by atoms with Gasteiger partial charge in [0.25, 0.3) is 0 Å². The maximum Gasteiger partial charge on any atom is 0.222 e. The van der Waals surface area contributed by atoms with Gasteiger partial charge < -0.3 is 5.73 Å². The van der Waals surface area contributed by atoms with Crippen LogP contribution in [0.25, 0.3) is 11.4 Å². The molecule has 0 amide bonds. The first-order chi connectivity index (χ1) is 9.74. The Morgan fingerprint density at radius 3 is 2.55 bits per heavy atom. The van der Waals surface area contributed by atoms with Crippen molar-refractivity contribution in [2.45, 2.75) is 6.54 Å². The first kappa shape index (κ1) is 12.6. The van der Waals surface area contributed by atoms with E-state index in [2.05, 4.69) is 15.2 Å². The minimum absolute atomic E-state index is 0.352. The number of benzene rings is 1. The van der Waals surface area contributed by atoms with Crippen LogP contribution in [0.4, 0.5) is 5.95 Å². The van der Waals surface area contributed by atoms with Crippen LogP contribution in [0.5, 0.6) is 0 Å². The lowest BCUT2D eigenvalue weighted by Gasteiger charge is -2.08. The van der Waals surface area contributed by atoms with Crippen LogP contribution in [0.2, 0.25) is 5.15 Å². The SMILES string of the molecule is Nc1nnc(-c2ccccc2)n1Cc1cccc(Cl)n1. The Morgan fingerprint density at radius 1 is 1.00 bits per heavy atom. The van der Waals surface area contributed by atoms with E-state index in [0.717, 1.165) is 11.3 Å². The standard InChI is InChI=1S/C14H12ClN5/c15-12-8-4-7-11(17-12)9-20-13(18-19-14(20)16)10-5-2-1-3-6-10/h1-8H,9H2,(H2,16,19). The molecule has 0 saturated carbocycles. The zero-order valence-corrected chi connectivity index (χ0v) is 11.3. The van der Waals surface area contributed by atoms with Gasteiger partial charge in [-0.2, -0.15) is 0 Å². The smallest absolute Gasteiger partial charge is 0.222 e. The lowest BCUT2D eigenvalue weighted by molar-refractivity contribution is 0.789. The number of pyridine rings is 1. The fourth-order valence-corrected chi connectivity index (χ4v) is 2.15. The van der Waals surface area contributed by atoms with Gasteiger partial charge in [0.05, 0.1) is 12.2 Å². The molecule has 0 fully saturated rings.